The van der Waals surface area contributed by atoms with Gasteiger partial charge in [0, 0.05) is 13.6 Å². The quantitative estimate of drug-likeness (QED) is 0.322. The number of hydrogen-bond donors (Lipinski definition) is 0. The summed E-state index contributed by atoms with van der Waals surface area (Å²) >= 11 is 2.93. The Morgan fingerprint density at radius 3 is 2.60 bits per heavy atom. The van der Waals surface area contributed by atoms with Crippen LogP contribution in [0.2, 0.25) is 0 Å². The summed E-state index contributed by atoms with van der Waals surface area (Å²) in [6.45, 7) is 0.990. The van der Waals surface area contributed by atoms with Gasteiger partial charge in [0.2, 0.25) is 5.91 Å². The van der Waals surface area contributed by atoms with Crippen LogP contribution in [0.3, 0.4) is 0 Å². The van der Waals surface area contributed by atoms with Crippen LogP contribution in [0, 0.1) is 0 Å². The summed E-state index contributed by atoms with van der Waals surface area (Å²) in [6, 6.07) is 19.2. The fraction of sp³-hybridized carbons (Fsp3) is 0.174. The van der Waals surface area contributed by atoms with Crippen molar-refractivity contribution in [2.75, 3.05) is 12.8 Å². The van der Waals surface area contributed by atoms with E-state index in [0.29, 0.717) is 29.1 Å². The molecule has 0 aliphatic heterocycles. The summed E-state index contributed by atoms with van der Waals surface area (Å²) in [4.78, 5) is 32.2. The minimum Gasteiger partial charge on any atom is -0.341 e. The number of thiophene rings is 1. The summed E-state index contributed by atoms with van der Waals surface area (Å²) in [7, 11) is 1.80. The van der Waals surface area contributed by atoms with E-state index in [9.17, 15) is 9.59 Å². The predicted octanol–water partition coefficient (Wildman–Crippen LogP) is 4.26. The van der Waals surface area contributed by atoms with Gasteiger partial charge in [-0.2, -0.15) is 11.3 Å². The maximum Gasteiger partial charge on any atom is 0.262 e. The van der Waals surface area contributed by atoms with Gasteiger partial charge in [-0.05, 0) is 40.1 Å². The molecule has 2 heterocycles. The van der Waals surface area contributed by atoms with Crippen LogP contribution in [0.25, 0.3) is 10.9 Å². The van der Waals surface area contributed by atoms with Gasteiger partial charge in [0.05, 0.1) is 23.2 Å². The lowest BCUT2D eigenvalue weighted by atomic mass is 10.2. The highest BCUT2D eigenvalue weighted by Crippen LogP contribution is 2.20. The number of hydrogen-bond acceptors (Lipinski definition) is 5. The molecule has 0 N–H and O–H groups in total. The lowest BCUT2D eigenvalue weighted by molar-refractivity contribution is -0.127. The summed E-state index contributed by atoms with van der Waals surface area (Å²) in [5.41, 5.74) is 2.68. The van der Waals surface area contributed by atoms with Gasteiger partial charge < -0.3 is 4.90 Å². The highest BCUT2D eigenvalue weighted by atomic mass is 32.2. The van der Waals surface area contributed by atoms with E-state index in [1.54, 1.807) is 33.9 Å². The number of carbonyl (C=O) groups is 1. The van der Waals surface area contributed by atoms with Gasteiger partial charge in [-0.1, -0.05) is 54.2 Å². The standard InChI is InChI=1S/C23H21N3O2S2/c1-25(13-18-11-12-29-15-18)21(27)16-30-23-24-20-10-6-5-9-19(20)22(28)26(23)14-17-7-3-2-4-8-17/h2-12,15H,13-14,16H2,1H3. The first-order valence-corrected chi connectivity index (χ1v) is 11.5. The van der Waals surface area contributed by atoms with Crippen molar-refractivity contribution in [1.82, 2.24) is 14.5 Å². The summed E-state index contributed by atoms with van der Waals surface area (Å²) < 4.78 is 1.66. The fourth-order valence-corrected chi connectivity index (χ4v) is 4.74. The molecule has 0 bridgehead atoms. The molecule has 0 aliphatic rings. The van der Waals surface area contributed by atoms with Crippen LogP contribution < -0.4 is 5.56 Å². The first-order chi connectivity index (χ1) is 14.6. The molecule has 0 saturated heterocycles. The summed E-state index contributed by atoms with van der Waals surface area (Å²) in [5.74, 6) is 0.222. The Balaban J connectivity index is 1.59. The Morgan fingerprint density at radius 2 is 1.83 bits per heavy atom. The van der Waals surface area contributed by atoms with Crippen LogP contribution in [-0.4, -0.2) is 33.2 Å². The lowest BCUT2D eigenvalue weighted by Gasteiger charge is -2.17. The van der Waals surface area contributed by atoms with Crippen molar-refractivity contribution >= 4 is 39.9 Å². The molecule has 152 valence electrons. The molecule has 4 aromatic rings. The molecular formula is C23H21N3O2S2. The third-order valence-electron chi connectivity index (χ3n) is 4.76. The van der Waals surface area contributed by atoms with Gasteiger partial charge in [0.1, 0.15) is 0 Å². The Bertz CT molecular complexity index is 1200. The van der Waals surface area contributed by atoms with E-state index in [4.69, 9.17) is 4.98 Å². The zero-order valence-electron chi connectivity index (χ0n) is 16.5. The smallest absolute Gasteiger partial charge is 0.262 e. The van der Waals surface area contributed by atoms with E-state index in [1.165, 1.54) is 11.8 Å². The highest BCUT2D eigenvalue weighted by Gasteiger charge is 2.16. The molecule has 30 heavy (non-hydrogen) atoms. The zero-order chi connectivity index (χ0) is 20.9. The van der Waals surface area contributed by atoms with Gasteiger partial charge in [-0.25, -0.2) is 4.98 Å². The van der Waals surface area contributed by atoms with E-state index in [1.807, 2.05) is 65.4 Å². The second-order valence-corrected chi connectivity index (χ2v) is 8.68. The van der Waals surface area contributed by atoms with Crippen molar-refractivity contribution < 1.29 is 4.79 Å². The van der Waals surface area contributed by atoms with Crippen LogP contribution >= 0.6 is 23.1 Å². The van der Waals surface area contributed by atoms with E-state index in [2.05, 4.69) is 0 Å². The molecule has 7 heteroatoms. The number of amides is 1. The van der Waals surface area contributed by atoms with Gasteiger partial charge in [-0.15, -0.1) is 0 Å². The zero-order valence-corrected chi connectivity index (χ0v) is 18.2. The molecular weight excluding hydrogens is 414 g/mol. The minimum absolute atomic E-state index is 0.000122. The van der Waals surface area contributed by atoms with Crippen LogP contribution in [0.1, 0.15) is 11.1 Å². The van der Waals surface area contributed by atoms with Crippen LogP contribution in [0.15, 0.2) is 81.4 Å². The highest BCUT2D eigenvalue weighted by molar-refractivity contribution is 7.99. The molecule has 0 atom stereocenters. The molecule has 0 saturated carbocycles. The Morgan fingerprint density at radius 1 is 1.07 bits per heavy atom. The maximum absolute atomic E-state index is 13.2. The largest absolute Gasteiger partial charge is 0.341 e. The summed E-state index contributed by atoms with van der Waals surface area (Å²) in [5, 5.41) is 5.18. The fourth-order valence-electron chi connectivity index (χ4n) is 3.14. The molecule has 0 radical (unpaired) electrons. The SMILES string of the molecule is CN(Cc1ccsc1)C(=O)CSc1nc2ccccc2c(=O)n1Cc1ccccc1. The lowest BCUT2D eigenvalue weighted by Crippen LogP contribution is -2.29. The molecule has 1 amide bonds. The van der Waals surface area contributed by atoms with E-state index in [-0.39, 0.29) is 17.2 Å². The number of rotatable bonds is 7. The third kappa shape index (κ3) is 4.63. The normalized spacial score (nSPS) is 11.0. The van der Waals surface area contributed by atoms with Crippen molar-refractivity contribution in [3.63, 3.8) is 0 Å². The van der Waals surface area contributed by atoms with Gasteiger partial charge in [0.15, 0.2) is 5.16 Å². The van der Waals surface area contributed by atoms with Gasteiger partial charge in [-0.3, -0.25) is 14.2 Å². The monoisotopic (exact) mass is 435 g/mol. The minimum atomic E-state index is -0.0916. The van der Waals surface area contributed by atoms with Crippen molar-refractivity contribution in [3.05, 3.63) is 92.9 Å². The number of fused-ring (bicyclic) bond motifs is 1. The third-order valence-corrected chi connectivity index (χ3v) is 6.45. The molecule has 0 spiro atoms. The predicted molar refractivity (Wildman–Crippen MR) is 123 cm³/mol. The first kappa shape index (κ1) is 20.4. The average molecular weight is 436 g/mol. The second-order valence-electron chi connectivity index (χ2n) is 6.96. The Kier molecular flexibility index (Phi) is 6.30. The average Bonchev–Trinajstić information content (AvgIpc) is 3.28. The second kappa shape index (κ2) is 9.28. The molecule has 5 nitrogen and oxygen atoms in total. The first-order valence-electron chi connectivity index (χ1n) is 9.53. The van der Waals surface area contributed by atoms with Crippen molar-refractivity contribution in [1.29, 1.82) is 0 Å². The summed E-state index contributed by atoms with van der Waals surface area (Å²) in [6.07, 6.45) is 0. The number of para-hydroxylation sites is 1. The van der Waals surface area contributed by atoms with Crippen LogP contribution in [-0.2, 0) is 17.9 Å². The molecule has 2 aromatic heterocycles. The van der Waals surface area contributed by atoms with Crippen LogP contribution in [0.5, 0.6) is 0 Å². The number of aromatic nitrogens is 2. The van der Waals surface area contributed by atoms with E-state index < -0.39 is 0 Å². The Labute approximate surface area is 183 Å². The van der Waals surface area contributed by atoms with E-state index in [0.717, 1.165) is 11.1 Å². The Hall–Kier alpha value is -2.90. The molecule has 0 unspecified atom stereocenters. The number of benzene rings is 2. The number of nitrogens with zero attached hydrogens (tertiary/aromatic N) is 3. The topological polar surface area (TPSA) is 55.2 Å². The number of thioether (sulfide) groups is 1. The van der Waals surface area contributed by atoms with Gasteiger partial charge in [0.25, 0.3) is 5.56 Å². The van der Waals surface area contributed by atoms with Gasteiger partial charge >= 0.3 is 0 Å². The van der Waals surface area contributed by atoms with Crippen molar-refractivity contribution in [2.24, 2.45) is 0 Å². The molecule has 0 aliphatic carbocycles. The van der Waals surface area contributed by atoms with Crippen LogP contribution in [0.4, 0.5) is 0 Å². The molecule has 4 rings (SSSR count). The van der Waals surface area contributed by atoms with Crippen molar-refractivity contribution in [2.45, 2.75) is 18.2 Å². The van der Waals surface area contributed by atoms with Crippen molar-refractivity contribution in [3.8, 4) is 0 Å². The van der Waals surface area contributed by atoms with E-state index >= 15 is 0 Å². The molecule has 0 fully saturated rings. The maximum atomic E-state index is 13.2. The molecule has 2 aromatic carbocycles. The number of carbonyl (C=O) groups excluding carboxylic acids is 1.